The summed E-state index contributed by atoms with van der Waals surface area (Å²) in [7, 11) is 1.65. The summed E-state index contributed by atoms with van der Waals surface area (Å²) in [5.74, 6) is 2.51. The second kappa shape index (κ2) is 9.49. The number of benzene rings is 1. The van der Waals surface area contributed by atoms with Gasteiger partial charge in [-0.25, -0.2) is 0 Å². The molecule has 0 bridgehead atoms. The first-order valence-electron chi connectivity index (χ1n) is 10.4. The van der Waals surface area contributed by atoms with E-state index in [1.807, 2.05) is 47.7 Å². The highest BCUT2D eigenvalue weighted by molar-refractivity contribution is 7.10. The molecule has 1 atom stereocenters. The van der Waals surface area contributed by atoms with E-state index in [1.165, 1.54) is 10.4 Å². The highest BCUT2D eigenvalue weighted by atomic mass is 32.1. The van der Waals surface area contributed by atoms with E-state index in [1.54, 1.807) is 7.11 Å². The number of hydrogen-bond donors (Lipinski definition) is 1. The number of carbonyl (C=O) groups is 1. The van der Waals surface area contributed by atoms with Crippen molar-refractivity contribution >= 4 is 17.2 Å². The minimum absolute atomic E-state index is 0.0671. The van der Waals surface area contributed by atoms with E-state index in [0.717, 1.165) is 42.3 Å². The van der Waals surface area contributed by atoms with Gasteiger partial charge in [0.1, 0.15) is 17.3 Å². The van der Waals surface area contributed by atoms with E-state index in [-0.39, 0.29) is 5.91 Å². The molecule has 5 nitrogen and oxygen atoms in total. The third-order valence-electron chi connectivity index (χ3n) is 5.69. The molecule has 2 aromatic heterocycles. The third-order valence-corrected chi connectivity index (χ3v) is 6.71. The standard InChI is InChI=1S/C24H28N2O3S/c1-17(26-13-11-23-19(16-26)12-14-30-23)15-25-24(27)10-8-21-7-9-22(29-21)18-3-5-20(28-2)6-4-18/h3-7,9,12,14,17H,8,10-11,13,15-16H2,1-2H3,(H,25,27). The van der Waals surface area contributed by atoms with Gasteiger partial charge in [-0.3, -0.25) is 9.69 Å². The minimum Gasteiger partial charge on any atom is -0.497 e. The molecule has 1 amide bonds. The molecule has 3 aromatic rings. The number of carbonyl (C=O) groups excluding carboxylic acids is 1. The van der Waals surface area contributed by atoms with Gasteiger partial charge in [0.05, 0.1) is 7.11 Å². The van der Waals surface area contributed by atoms with Gasteiger partial charge in [0.2, 0.25) is 5.91 Å². The smallest absolute Gasteiger partial charge is 0.220 e. The Labute approximate surface area is 181 Å². The van der Waals surface area contributed by atoms with Gasteiger partial charge in [-0.1, -0.05) is 0 Å². The van der Waals surface area contributed by atoms with Crippen molar-refractivity contribution in [3.05, 3.63) is 64.0 Å². The Hall–Kier alpha value is -2.57. The van der Waals surface area contributed by atoms with Crippen LogP contribution in [0.1, 0.15) is 29.5 Å². The highest BCUT2D eigenvalue weighted by Crippen LogP contribution is 2.26. The average molecular weight is 425 g/mol. The highest BCUT2D eigenvalue weighted by Gasteiger charge is 2.21. The lowest BCUT2D eigenvalue weighted by Gasteiger charge is -2.32. The number of methoxy groups -OCH3 is 1. The normalized spacial score (nSPS) is 14.9. The predicted molar refractivity (Wildman–Crippen MR) is 120 cm³/mol. The maximum atomic E-state index is 12.3. The number of amides is 1. The third kappa shape index (κ3) is 4.94. The number of rotatable bonds is 8. The molecule has 6 heteroatoms. The summed E-state index contributed by atoms with van der Waals surface area (Å²) in [5, 5.41) is 5.26. The fourth-order valence-corrected chi connectivity index (χ4v) is 4.67. The molecule has 0 spiro atoms. The van der Waals surface area contributed by atoms with Gasteiger partial charge in [-0.2, -0.15) is 0 Å². The van der Waals surface area contributed by atoms with Crippen molar-refractivity contribution in [3.8, 4) is 17.1 Å². The molecule has 1 unspecified atom stereocenters. The Morgan fingerprint density at radius 1 is 1.23 bits per heavy atom. The van der Waals surface area contributed by atoms with Crippen LogP contribution in [0.25, 0.3) is 11.3 Å². The Morgan fingerprint density at radius 2 is 2.07 bits per heavy atom. The molecule has 1 aliphatic heterocycles. The van der Waals surface area contributed by atoms with Crippen LogP contribution < -0.4 is 10.1 Å². The SMILES string of the molecule is COc1ccc(-c2ccc(CCC(=O)NCC(C)N3CCc4sccc4C3)o2)cc1. The van der Waals surface area contributed by atoms with Crippen LogP contribution in [0.2, 0.25) is 0 Å². The summed E-state index contributed by atoms with van der Waals surface area (Å²) in [5.41, 5.74) is 2.44. The van der Waals surface area contributed by atoms with Crippen molar-refractivity contribution < 1.29 is 13.9 Å². The van der Waals surface area contributed by atoms with Gasteiger partial charge in [0.15, 0.2) is 0 Å². The van der Waals surface area contributed by atoms with Crippen LogP contribution >= 0.6 is 11.3 Å². The van der Waals surface area contributed by atoms with E-state index in [4.69, 9.17) is 9.15 Å². The van der Waals surface area contributed by atoms with Crippen molar-refractivity contribution in [1.82, 2.24) is 10.2 Å². The molecule has 0 radical (unpaired) electrons. The molecule has 0 saturated carbocycles. The molecule has 3 heterocycles. The Bertz CT molecular complexity index is 977. The van der Waals surface area contributed by atoms with Gasteiger partial charge < -0.3 is 14.5 Å². The molecule has 1 aromatic carbocycles. The lowest BCUT2D eigenvalue weighted by molar-refractivity contribution is -0.121. The Kier molecular flexibility index (Phi) is 6.55. The number of ether oxygens (including phenoxy) is 1. The number of furan rings is 1. The summed E-state index contributed by atoms with van der Waals surface area (Å²) in [4.78, 5) is 16.3. The van der Waals surface area contributed by atoms with Crippen LogP contribution in [0.4, 0.5) is 0 Å². The molecule has 0 saturated heterocycles. The molecule has 30 heavy (non-hydrogen) atoms. The Morgan fingerprint density at radius 3 is 2.87 bits per heavy atom. The summed E-state index contributed by atoms with van der Waals surface area (Å²) in [6.07, 6.45) is 2.13. The maximum absolute atomic E-state index is 12.3. The van der Waals surface area contributed by atoms with Crippen molar-refractivity contribution in [2.45, 2.75) is 38.8 Å². The van der Waals surface area contributed by atoms with Crippen LogP contribution in [0.15, 0.2) is 52.3 Å². The number of hydrogen-bond acceptors (Lipinski definition) is 5. The second-order valence-electron chi connectivity index (χ2n) is 7.74. The zero-order chi connectivity index (χ0) is 20.9. The van der Waals surface area contributed by atoms with E-state index >= 15 is 0 Å². The van der Waals surface area contributed by atoms with E-state index in [9.17, 15) is 4.79 Å². The van der Waals surface area contributed by atoms with Crippen molar-refractivity contribution in [2.75, 3.05) is 20.2 Å². The Balaban J connectivity index is 1.22. The topological polar surface area (TPSA) is 54.7 Å². The minimum atomic E-state index is 0.0671. The second-order valence-corrected chi connectivity index (χ2v) is 8.74. The molecular weight excluding hydrogens is 396 g/mol. The lowest BCUT2D eigenvalue weighted by Crippen LogP contribution is -2.44. The van der Waals surface area contributed by atoms with Crippen LogP contribution in [0.5, 0.6) is 5.75 Å². The van der Waals surface area contributed by atoms with E-state index in [2.05, 4.69) is 28.6 Å². The monoisotopic (exact) mass is 424 g/mol. The van der Waals surface area contributed by atoms with Gasteiger partial charge in [-0.15, -0.1) is 11.3 Å². The van der Waals surface area contributed by atoms with Crippen molar-refractivity contribution in [2.24, 2.45) is 0 Å². The summed E-state index contributed by atoms with van der Waals surface area (Å²) in [6.45, 7) is 4.90. The molecule has 158 valence electrons. The summed E-state index contributed by atoms with van der Waals surface area (Å²) in [6, 6.07) is 14.2. The molecule has 4 rings (SSSR count). The van der Waals surface area contributed by atoms with Crippen molar-refractivity contribution in [1.29, 1.82) is 0 Å². The van der Waals surface area contributed by atoms with Gasteiger partial charge >= 0.3 is 0 Å². The number of aryl methyl sites for hydroxylation is 1. The van der Waals surface area contributed by atoms with Crippen LogP contribution in [-0.4, -0.2) is 37.0 Å². The van der Waals surface area contributed by atoms with Gasteiger partial charge in [0, 0.05) is 49.0 Å². The largest absolute Gasteiger partial charge is 0.497 e. The first-order chi connectivity index (χ1) is 14.6. The fourth-order valence-electron chi connectivity index (χ4n) is 3.78. The number of thiophene rings is 1. The van der Waals surface area contributed by atoms with Crippen LogP contribution in [-0.2, 0) is 24.2 Å². The quantitative estimate of drug-likeness (QED) is 0.578. The van der Waals surface area contributed by atoms with Crippen LogP contribution in [0.3, 0.4) is 0 Å². The number of nitrogens with one attached hydrogen (secondary N) is 1. The maximum Gasteiger partial charge on any atom is 0.220 e. The fraction of sp³-hybridized carbons (Fsp3) is 0.375. The van der Waals surface area contributed by atoms with Gasteiger partial charge in [-0.05, 0) is 66.8 Å². The molecule has 1 aliphatic rings. The van der Waals surface area contributed by atoms with Crippen LogP contribution in [0, 0.1) is 0 Å². The average Bonchev–Trinajstić information content (AvgIpc) is 3.45. The molecule has 1 N–H and O–H groups in total. The molecule has 0 aliphatic carbocycles. The van der Waals surface area contributed by atoms with Gasteiger partial charge in [0.25, 0.3) is 0 Å². The zero-order valence-electron chi connectivity index (χ0n) is 17.5. The zero-order valence-corrected chi connectivity index (χ0v) is 18.3. The first kappa shape index (κ1) is 20.7. The molecule has 0 fully saturated rings. The summed E-state index contributed by atoms with van der Waals surface area (Å²) < 4.78 is 11.1. The lowest BCUT2D eigenvalue weighted by atomic mass is 10.1. The predicted octanol–water partition coefficient (Wildman–Crippen LogP) is 4.51. The van der Waals surface area contributed by atoms with Crippen molar-refractivity contribution in [3.63, 3.8) is 0 Å². The number of fused-ring (bicyclic) bond motifs is 1. The number of nitrogens with zero attached hydrogens (tertiary/aromatic N) is 1. The first-order valence-corrected chi connectivity index (χ1v) is 11.3. The van der Waals surface area contributed by atoms with E-state index in [0.29, 0.717) is 25.4 Å². The summed E-state index contributed by atoms with van der Waals surface area (Å²) >= 11 is 1.85. The molecular formula is C24H28N2O3S. The van der Waals surface area contributed by atoms with E-state index < -0.39 is 0 Å².